The quantitative estimate of drug-likeness (QED) is 0.0547. The number of nitrogens with one attached hydrogen (secondary N) is 5. The number of alkyl halides is 1. The van der Waals surface area contributed by atoms with Gasteiger partial charge in [-0.3, -0.25) is 28.5 Å². The molecule has 0 atom stereocenters. The Morgan fingerprint density at radius 3 is 1.03 bits per heavy atom. The number of sulfonamides is 1. The van der Waals surface area contributed by atoms with Crippen molar-refractivity contribution in [1.82, 2.24) is 4.72 Å². The number of carboxylic acid groups (broad SMARTS) is 1. The molecular formula is C37H59ClI2N5O13S3-. The van der Waals surface area contributed by atoms with E-state index in [4.69, 9.17) is 25.1 Å². The Morgan fingerprint density at radius 1 is 0.557 bits per heavy atom. The molecule has 0 aromatic heterocycles. The molecule has 61 heavy (non-hydrogen) atoms. The number of aliphatic carboxylic acids is 1. The molecule has 4 amide bonds. The molecule has 4 aromatic rings. The summed E-state index contributed by atoms with van der Waals surface area (Å²) in [5.41, 5.74) is 2.42. The maximum Gasteiger partial charge on any atom is 0 e. The van der Waals surface area contributed by atoms with Crippen molar-refractivity contribution in [3.8, 4) is 0 Å². The third kappa shape index (κ3) is 32.2. The van der Waals surface area contributed by atoms with Crippen molar-refractivity contribution in [1.29, 1.82) is 0 Å². The number of rotatable bonds is 8. The summed E-state index contributed by atoms with van der Waals surface area (Å²) in [4.78, 5) is 53.7. The molecule has 0 saturated carbocycles. The molecular weight excluding hydrogens is 1110 g/mol. The van der Waals surface area contributed by atoms with Gasteiger partial charge in [0.2, 0.25) is 33.7 Å². The largest absolute Gasteiger partial charge is 0 e. The number of anilines is 4. The predicted molar refractivity (Wildman–Crippen MR) is 253 cm³/mol. The van der Waals surface area contributed by atoms with Crippen molar-refractivity contribution < 1.29 is 83.2 Å². The number of benzene rings is 4. The molecule has 7 N–H and O–H groups in total. The van der Waals surface area contributed by atoms with E-state index in [0.29, 0.717) is 34.3 Å². The average molecular weight is 1180 g/mol. The van der Waals surface area contributed by atoms with Crippen LogP contribution in [0, 0.1) is 0 Å². The third-order valence-electron chi connectivity index (χ3n) is 5.78. The van der Waals surface area contributed by atoms with E-state index in [1.165, 1.54) is 108 Å². The summed E-state index contributed by atoms with van der Waals surface area (Å²) < 4.78 is 76.5. The van der Waals surface area contributed by atoms with Gasteiger partial charge < -0.3 is 26.4 Å². The Bertz CT molecular complexity index is 2240. The number of halogens is 3. The summed E-state index contributed by atoms with van der Waals surface area (Å²) >= 11 is 2.96. The van der Waals surface area contributed by atoms with Gasteiger partial charge >= 0.3 is 40.8 Å². The monoisotopic (exact) mass is 1180 g/mol. The fraction of sp³-hybridized carbons (Fsp3) is 0.216. The number of carbonyl (C=O) groups excluding carboxylic acids is 4. The van der Waals surface area contributed by atoms with E-state index in [0.717, 1.165) is 12.6 Å². The van der Waals surface area contributed by atoms with E-state index >= 15 is 0 Å². The maximum absolute atomic E-state index is 11.3. The normalized spacial score (nSPS) is 10.0. The van der Waals surface area contributed by atoms with Gasteiger partial charge in [0.25, 0.3) is 25.1 Å². The van der Waals surface area contributed by atoms with Crippen LogP contribution < -0.4 is 43.2 Å². The molecule has 0 saturated heterocycles. The van der Waals surface area contributed by atoms with Gasteiger partial charge in [0.05, 0.1) is 14.7 Å². The van der Waals surface area contributed by atoms with Gasteiger partial charge in [-0.1, -0.05) is 25.6 Å². The molecule has 4 rings (SSSR count). The topological polar surface area (TPSA) is 288 Å². The first kappa shape index (κ1) is 61.1. The second-order valence-corrected chi connectivity index (χ2v) is 23.1. The molecule has 0 radical (unpaired) electrons. The summed E-state index contributed by atoms with van der Waals surface area (Å²) in [6.45, 7) is 6.67. The van der Waals surface area contributed by atoms with Crippen LogP contribution in [0.3, 0.4) is 0 Å². The molecule has 0 aliphatic heterocycles. The maximum atomic E-state index is 11.3. The standard InChI is InChI=1S/C9H12N2O3S.C8H8ClNO3S.C8H9NO4S.C8H9NO.C2H4O2.CH3I2.CH4.5H2/c1-7(12)11-8-3-5-9(6-4-8)15(13,14)10-2;1-6(11)10-7-2-4-8(5-3-7)14(9,12)13;1-6(10)9-7-2-4-8(5-3-7)14(11,12)13;1-7(10)9-8-5-3-2-4-6-8;1-2(3)4;1-3-2;;;;;;/h3-6,10H,1-2H3,(H,11,12);2-5H,1H3,(H,10,11);2-5H,1H3,(H,9,10)(H,11,12,13);2-6H,1H3,(H,9,10);1H3,(H,3,4);1H3;1H4;5*1H/q;;;;;-1;;;;;;/i;;;;;;;5*1+2. The van der Waals surface area contributed by atoms with Gasteiger partial charge in [-0.2, -0.15) is 8.42 Å². The zero-order chi connectivity index (χ0) is 46.7. The molecule has 0 aliphatic rings. The van der Waals surface area contributed by atoms with Crippen LogP contribution in [0.15, 0.2) is 118 Å². The minimum atomic E-state index is -4.16. The first-order chi connectivity index (χ1) is 27.7. The first-order valence-electron chi connectivity index (χ1n) is 16.3. The molecule has 0 unspecified atom stereocenters. The van der Waals surface area contributed by atoms with Gasteiger partial charge in [0.15, 0.2) is 0 Å². The first-order valence-corrected chi connectivity index (χ1v) is 30.0. The van der Waals surface area contributed by atoms with Gasteiger partial charge in [0, 0.05) is 75.2 Å². The third-order valence-corrected chi connectivity index (χ3v) is 9.44. The number of carboxylic acids is 1. The van der Waals surface area contributed by atoms with Crippen molar-refractivity contribution >= 4 is 111 Å². The van der Waals surface area contributed by atoms with Crippen LogP contribution in [0.2, 0.25) is 0 Å². The fourth-order valence-corrected chi connectivity index (χ4v) is 5.56. The minimum Gasteiger partial charge on any atom is 0 e. The smallest absolute Gasteiger partial charge is 0 e. The Morgan fingerprint density at radius 2 is 0.803 bits per heavy atom. The molecule has 4 aromatic carbocycles. The van der Waals surface area contributed by atoms with Gasteiger partial charge in [0.1, 0.15) is 0 Å². The van der Waals surface area contributed by atoms with E-state index in [1.54, 1.807) is 0 Å². The second kappa shape index (κ2) is 31.6. The van der Waals surface area contributed by atoms with E-state index < -0.39 is 35.2 Å². The minimum absolute atomic E-state index is 0. The SMILES string of the molecule is C.CC(=O)Nc1ccc(S(=O)(=O)Cl)cc1.CC(=O)Nc1ccc(S(=O)(=O)O)cc1.CC(=O)Nc1ccccc1.CC(=O)O.CNS(=O)(=O)c1ccc(NC(C)=O)cc1.C[I-]I.[3HH].[3HH].[3HH].[3HH].[3HH]. The Balaban J connectivity index is -0.000000105. The van der Waals surface area contributed by atoms with Crippen molar-refractivity contribution in [3.05, 3.63) is 103 Å². The Kier molecular flexibility index (Phi) is 31.6. The second-order valence-electron chi connectivity index (χ2n) is 10.9. The van der Waals surface area contributed by atoms with E-state index in [-0.39, 0.29) is 52.9 Å². The van der Waals surface area contributed by atoms with E-state index in [9.17, 15) is 44.4 Å². The van der Waals surface area contributed by atoms with Crippen LogP contribution in [0.5, 0.6) is 0 Å². The van der Waals surface area contributed by atoms with Crippen LogP contribution in [0.1, 0.15) is 49.2 Å². The van der Waals surface area contributed by atoms with Crippen molar-refractivity contribution in [2.45, 2.75) is 56.7 Å². The van der Waals surface area contributed by atoms with Gasteiger partial charge in [-0.05, 0) is 92.0 Å². The molecule has 0 heterocycles. The fourth-order valence-electron chi connectivity index (χ4n) is 3.58. The summed E-state index contributed by atoms with van der Waals surface area (Å²) in [6.07, 6.45) is 0. The van der Waals surface area contributed by atoms with E-state index in [2.05, 4.69) is 49.5 Å². The van der Waals surface area contributed by atoms with Crippen LogP contribution in [0.25, 0.3) is 0 Å². The number of hydrogen-bond acceptors (Lipinski definition) is 11. The zero-order valence-corrected chi connectivity index (χ0v) is 40.6. The van der Waals surface area contributed by atoms with Crippen molar-refractivity contribution in [2.75, 3.05) is 33.2 Å². The van der Waals surface area contributed by atoms with Crippen LogP contribution in [0.4, 0.5) is 22.7 Å². The van der Waals surface area contributed by atoms with Crippen LogP contribution >= 0.6 is 29.3 Å². The Hall–Kier alpha value is -4.25. The molecule has 350 valence electrons. The average Bonchev–Trinajstić information content (AvgIpc) is 3.12. The molecule has 0 bridgehead atoms. The zero-order valence-electron chi connectivity index (χ0n) is 33.1. The Labute approximate surface area is 389 Å². The van der Waals surface area contributed by atoms with Crippen LogP contribution in [-0.2, 0) is 53.2 Å². The molecule has 0 aliphatic carbocycles. The number of carbonyl (C=O) groups is 5. The molecule has 0 spiro atoms. The number of hydrogen-bond donors (Lipinski definition) is 7. The van der Waals surface area contributed by atoms with Crippen molar-refractivity contribution in [3.63, 3.8) is 0 Å². The van der Waals surface area contributed by atoms with E-state index in [1.807, 2.05) is 30.3 Å². The molecule has 0 fully saturated rings. The summed E-state index contributed by atoms with van der Waals surface area (Å²) in [7, 11) is -4.81. The van der Waals surface area contributed by atoms with Gasteiger partial charge in [-0.25, -0.2) is 21.6 Å². The molecule has 18 nitrogen and oxygen atoms in total. The number of para-hydroxylation sites is 1. The summed E-state index contributed by atoms with van der Waals surface area (Å²) in [6, 6.07) is 26.1. The summed E-state index contributed by atoms with van der Waals surface area (Å²) in [5.74, 6) is -1.53. The predicted octanol–water partition coefficient (Wildman–Crippen LogP) is 4.67. The summed E-state index contributed by atoms with van der Waals surface area (Å²) in [5, 5.41) is 17.6. The van der Waals surface area contributed by atoms with Crippen molar-refractivity contribution in [2.24, 2.45) is 0 Å². The number of amides is 4. The van der Waals surface area contributed by atoms with Gasteiger partial charge in [-0.15, -0.1) is 0 Å². The van der Waals surface area contributed by atoms with Crippen LogP contribution in [-0.4, -0.2) is 76.5 Å². The molecule has 24 heteroatoms.